The number of nitrogens with one attached hydrogen (secondary N) is 3. The molecule has 0 unspecified atom stereocenters. The third-order valence-electron chi connectivity index (χ3n) is 4.81. The second kappa shape index (κ2) is 9.70. The highest BCUT2D eigenvalue weighted by Crippen LogP contribution is 2.33. The molecule has 0 atom stereocenters. The highest BCUT2D eigenvalue weighted by molar-refractivity contribution is 7.90. The lowest BCUT2D eigenvalue weighted by Gasteiger charge is -2.13. The number of halogens is 3. The monoisotopic (exact) mass is 517 g/mol. The van der Waals surface area contributed by atoms with E-state index in [0.717, 1.165) is 18.4 Å². The van der Waals surface area contributed by atoms with E-state index >= 15 is 0 Å². The maximum absolute atomic E-state index is 13.8. The van der Waals surface area contributed by atoms with E-state index in [1.165, 1.54) is 24.3 Å². The highest BCUT2D eigenvalue weighted by atomic mass is 32.2. The number of H-pyrrole nitrogens is 1. The molecule has 0 aliphatic heterocycles. The van der Waals surface area contributed by atoms with Crippen LogP contribution < -0.4 is 15.4 Å². The Bertz CT molecular complexity index is 1600. The lowest BCUT2D eigenvalue weighted by atomic mass is 10.2. The van der Waals surface area contributed by atoms with E-state index in [-0.39, 0.29) is 50.5 Å². The SMILES string of the molecule is CCOc1ccc(Nc2cc(Nc3ccc(F)cc3S(C)(=O)=O)c3nc(C(F)F)[nH]c3n2)nc1C#N. The van der Waals surface area contributed by atoms with Crippen LogP contribution in [0.1, 0.15) is 24.9 Å². The van der Waals surface area contributed by atoms with Gasteiger partial charge in [0.15, 0.2) is 32.8 Å². The van der Waals surface area contributed by atoms with Gasteiger partial charge in [-0.1, -0.05) is 0 Å². The highest BCUT2D eigenvalue weighted by Gasteiger charge is 2.20. The molecular formula is C22H18F3N7O3S. The maximum atomic E-state index is 13.8. The van der Waals surface area contributed by atoms with Gasteiger partial charge in [-0.3, -0.25) is 0 Å². The number of nitriles is 1. The fraction of sp³-hybridized carbons (Fsp3) is 0.182. The summed E-state index contributed by atoms with van der Waals surface area (Å²) in [5.74, 6) is -0.807. The van der Waals surface area contributed by atoms with E-state index in [2.05, 4.69) is 30.6 Å². The summed E-state index contributed by atoms with van der Waals surface area (Å²) in [5.41, 5.74) is 0.0923. The van der Waals surface area contributed by atoms with Crippen molar-refractivity contribution < 1.29 is 26.3 Å². The van der Waals surface area contributed by atoms with Crippen LogP contribution in [-0.2, 0) is 9.84 Å². The summed E-state index contributed by atoms with van der Waals surface area (Å²) in [6, 6.07) is 9.49. The molecule has 3 heterocycles. The quantitative estimate of drug-likeness (QED) is 0.305. The van der Waals surface area contributed by atoms with Gasteiger partial charge in [0.05, 0.1) is 22.9 Å². The fourth-order valence-electron chi connectivity index (χ4n) is 3.32. The summed E-state index contributed by atoms with van der Waals surface area (Å²) in [4.78, 5) is 14.4. The molecule has 0 fully saturated rings. The first kappa shape index (κ1) is 24.7. The van der Waals surface area contributed by atoms with Gasteiger partial charge in [0.25, 0.3) is 6.43 Å². The third-order valence-corrected chi connectivity index (χ3v) is 5.95. The summed E-state index contributed by atoms with van der Waals surface area (Å²) in [6.07, 6.45) is -2.01. The predicted molar refractivity (Wildman–Crippen MR) is 125 cm³/mol. The normalized spacial score (nSPS) is 11.5. The number of aromatic nitrogens is 4. The molecule has 0 saturated carbocycles. The molecule has 0 bridgehead atoms. The lowest BCUT2D eigenvalue weighted by molar-refractivity contribution is 0.142. The van der Waals surface area contributed by atoms with Crippen LogP contribution in [0.5, 0.6) is 5.75 Å². The van der Waals surface area contributed by atoms with Gasteiger partial charge in [-0.2, -0.15) is 5.26 Å². The molecule has 0 radical (unpaired) electrons. The number of alkyl halides is 2. The molecule has 1 aromatic carbocycles. The molecular weight excluding hydrogens is 499 g/mol. The van der Waals surface area contributed by atoms with Gasteiger partial charge in [-0.05, 0) is 37.3 Å². The van der Waals surface area contributed by atoms with Crippen LogP contribution in [0.4, 0.5) is 36.2 Å². The zero-order chi connectivity index (χ0) is 26.0. The number of anilines is 4. The molecule has 0 saturated heterocycles. The van der Waals surface area contributed by atoms with Crippen molar-refractivity contribution >= 4 is 44.0 Å². The van der Waals surface area contributed by atoms with E-state index < -0.39 is 27.9 Å². The van der Waals surface area contributed by atoms with Crippen LogP contribution >= 0.6 is 0 Å². The summed E-state index contributed by atoms with van der Waals surface area (Å²) >= 11 is 0. The molecule has 4 aromatic rings. The summed E-state index contributed by atoms with van der Waals surface area (Å²) in [7, 11) is -3.85. The average Bonchev–Trinajstić information content (AvgIpc) is 3.25. The molecule has 36 heavy (non-hydrogen) atoms. The molecule has 3 N–H and O–H groups in total. The van der Waals surface area contributed by atoms with Gasteiger partial charge >= 0.3 is 0 Å². The molecule has 0 aliphatic rings. The van der Waals surface area contributed by atoms with Crippen LogP contribution in [0, 0.1) is 17.1 Å². The van der Waals surface area contributed by atoms with E-state index in [4.69, 9.17) is 4.74 Å². The molecule has 0 aliphatic carbocycles. The largest absolute Gasteiger partial charge is 0.491 e. The van der Waals surface area contributed by atoms with Crippen LogP contribution in [0.25, 0.3) is 11.2 Å². The van der Waals surface area contributed by atoms with Crippen LogP contribution in [0.3, 0.4) is 0 Å². The topological polar surface area (TPSA) is 146 Å². The van der Waals surface area contributed by atoms with E-state index in [1.807, 2.05) is 6.07 Å². The van der Waals surface area contributed by atoms with Crippen LogP contribution in [-0.4, -0.2) is 41.2 Å². The van der Waals surface area contributed by atoms with Crippen molar-refractivity contribution in [2.45, 2.75) is 18.2 Å². The fourth-order valence-corrected chi connectivity index (χ4v) is 4.17. The standard InChI is InChI=1S/C22H18F3N7O3S/c1-3-35-15-6-7-17(28-14(15)10-26)29-18-9-13(19-21(30-18)32-22(31-19)20(24)25)27-12-5-4-11(23)8-16(12)36(2,33)34/h4-9,20H,3H2,1-2H3,(H3,27,28,29,30,31,32). The average molecular weight is 517 g/mol. The Labute approximate surface area is 203 Å². The number of hydrogen-bond acceptors (Lipinski definition) is 9. The molecule has 4 rings (SSSR count). The maximum Gasteiger partial charge on any atom is 0.295 e. The number of benzene rings is 1. The van der Waals surface area contributed by atoms with E-state index in [0.29, 0.717) is 6.61 Å². The smallest absolute Gasteiger partial charge is 0.295 e. The first-order valence-electron chi connectivity index (χ1n) is 10.4. The molecule has 186 valence electrons. The minimum atomic E-state index is -3.85. The Morgan fingerprint density at radius 1 is 1.08 bits per heavy atom. The van der Waals surface area contributed by atoms with Gasteiger partial charge in [-0.15, -0.1) is 0 Å². The van der Waals surface area contributed by atoms with E-state index in [1.54, 1.807) is 6.92 Å². The van der Waals surface area contributed by atoms with Crippen molar-refractivity contribution in [1.82, 2.24) is 19.9 Å². The number of sulfone groups is 1. The first-order valence-corrected chi connectivity index (χ1v) is 12.2. The molecule has 0 spiro atoms. The van der Waals surface area contributed by atoms with Gasteiger partial charge in [-0.25, -0.2) is 36.5 Å². The Kier molecular flexibility index (Phi) is 6.67. The number of fused-ring (bicyclic) bond motifs is 1. The Balaban J connectivity index is 1.80. The van der Waals surface area contributed by atoms with Crippen molar-refractivity contribution in [3.05, 3.63) is 53.7 Å². The zero-order valence-corrected chi connectivity index (χ0v) is 19.6. The van der Waals surface area contributed by atoms with Crippen LogP contribution in [0.15, 0.2) is 41.3 Å². The van der Waals surface area contributed by atoms with Gasteiger partial charge in [0.2, 0.25) is 0 Å². The molecule has 10 nitrogen and oxygen atoms in total. The van der Waals surface area contributed by atoms with Crippen molar-refractivity contribution in [2.24, 2.45) is 0 Å². The van der Waals surface area contributed by atoms with Crippen molar-refractivity contribution in [3.8, 4) is 11.8 Å². The summed E-state index contributed by atoms with van der Waals surface area (Å²) in [6.45, 7) is 2.09. The second-order valence-electron chi connectivity index (χ2n) is 7.43. The summed E-state index contributed by atoms with van der Waals surface area (Å²) < 4.78 is 70.2. The van der Waals surface area contributed by atoms with E-state index in [9.17, 15) is 26.9 Å². The summed E-state index contributed by atoms with van der Waals surface area (Å²) in [5, 5.41) is 15.1. The van der Waals surface area contributed by atoms with Crippen LogP contribution in [0.2, 0.25) is 0 Å². The predicted octanol–water partition coefficient (Wildman–Crippen LogP) is 4.59. The second-order valence-corrected chi connectivity index (χ2v) is 9.41. The first-order chi connectivity index (χ1) is 17.1. The number of hydrogen-bond donors (Lipinski definition) is 3. The van der Waals surface area contributed by atoms with Gasteiger partial charge in [0.1, 0.15) is 29.0 Å². The zero-order valence-electron chi connectivity index (χ0n) is 18.8. The molecule has 0 amide bonds. The van der Waals surface area contributed by atoms with Crippen molar-refractivity contribution in [3.63, 3.8) is 0 Å². The number of nitrogens with zero attached hydrogens (tertiary/aromatic N) is 4. The molecule has 3 aromatic heterocycles. The minimum Gasteiger partial charge on any atom is -0.491 e. The number of rotatable bonds is 8. The van der Waals surface area contributed by atoms with Crippen molar-refractivity contribution in [2.75, 3.05) is 23.5 Å². The van der Waals surface area contributed by atoms with Crippen molar-refractivity contribution in [1.29, 1.82) is 5.26 Å². The third kappa shape index (κ3) is 5.15. The van der Waals surface area contributed by atoms with Gasteiger partial charge < -0.3 is 20.4 Å². The number of pyridine rings is 2. The number of aromatic amines is 1. The Hall–Kier alpha value is -4.38. The van der Waals surface area contributed by atoms with Gasteiger partial charge in [0, 0.05) is 12.3 Å². The lowest BCUT2D eigenvalue weighted by Crippen LogP contribution is -2.05. The Morgan fingerprint density at radius 3 is 2.53 bits per heavy atom. The number of ether oxygens (including phenoxy) is 1. The molecule has 14 heteroatoms. The Morgan fingerprint density at radius 2 is 1.86 bits per heavy atom. The number of imidazole rings is 1. The minimum absolute atomic E-state index is 0.00278.